The maximum absolute atomic E-state index is 2.69. The van der Waals surface area contributed by atoms with Crippen LogP contribution in [0.4, 0.5) is 0 Å². The highest BCUT2D eigenvalue weighted by atomic mass is 14.3. The van der Waals surface area contributed by atoms with E-state index in [-0.39, 0.29) is 0 Å². The molecule has 73 valence electrons. The Morgan fingerprint density at radius 3 is 2.77 bits per heavy atom. The van der Waals surface area contributed by atoms with Gasteiger partial charge in [-0.05, 0) is 18.3 Å². The van der Waals surface area contributed by atoms with E-state index >= 15 is 0 Å². The SMILES string of the molecule is CC(C)CC1CCC2[B]C1CCC2. The van der Waals surface area contributed by atoms with E-state index in [9.17, 15) is 0 Å². The minimum Gasteiger partial charge on any atom is -0.0686 e. The minimum atomic E-state index is 0.900. The van der Waals surface area contributed by atoms with E-state index in [1.165, 1.54) is 38.5 Å². The molecule has 2 rings (SSSR count). The van der Waals surface area contributed by atoms with Gasteiger partial charge in [-0.2, -0.15) is 0 Å². The first kappa shape index (κ1) is 9.61. The number of rotatable bonds is 2. The number of hydrogen-bond donors (Lipinski definition) is 0. The maximum atomic E-state index is 2.69. The standard InChI is InChI=1S/C12H22B/c1-9(2)8-10-6-7-11-4-3-5-12(10)13-11/h9-12H,3-8H2,1-2H3. The highest BCUT2D eigenvalue weighted by Gasteiger charge is 2.33. The quantitative estimate of drug-likeness (QED) is 0.561. The molecule has 2 saturated heterocycles. The first-order chi connectivity index (χ1) is 6.25. The summed E-state index contributed by atoms with van der Waals surface area (Å²) in [5.74, 6) is 3.94. The molecule has 0 nitrogen and oxygen atoms in total. The van der Waals surface area contributed by atoms with Crippen molar-refractivity contribution in [2.45, 2.75) is 64.0 Å². The summed E-state index contributed by atoms with van der Waals surface area (Å²) in [5, 5.41) is 0. The lowest BCUT2D eigenvalue weighted by Gasteiger charge is -2.40. The Labute approximate surface area is 83.7 Å². The molecule has 0 aromatic carbocycles. The predicted molar refractivity (Wildman–Crippen MR) is 59.3 cm³/mol. The van der Waals surface area contributed by atoms with Gasteiger partial charge in [0.25, 0.3) is 0 Å². The molecular formula is C12H22B. The highest BCUT2D eigenvalue weighted by Crippen LogP contribution is 2.46. The molecule has 0 saturated carbocycles. The molecule has 0 aliphatic carbocycles. The third-order valence-corrected chi connectivity index (χ3v) is 3.92. The van der Waals surface area contributed by atoms with Crippen LogP contribution in [0.15, 0.2) is 0 Å². The summed E-state index contributed by atoms with van der Waals surface area (Å²) in [6.07, 6.45) is 8.96. The lowest BCUT2D eigenvalue weighted by Crippen LogP contribution is -2.29. The van der Waals surface area contributed by atoms with Gasteiger partial charge in [-0.25, -0.2) is 0 Å². The normalized spacial score (nSPS) is 38.8. The highest BCUT2D eigenvalue weighted by molar-refractivity contribution is 6.40. The molecule has 0 N–H and O–H groups in total. The second kappa shape index (κ2) is 4.06. The monoisotopic (exact) mass is 177 g/mol. The summed E-state index contributed by atoms with van der Waals surface area (Å²) in [6, 6.07) is 0. The first-order valence-electron chi connectivity index (χ1n) is 6.10. The van der Waals surface area contributed by atoms with E-state index < -0.39 is 0 Å². The van der Waals surface area contributed by atoms with Gasteiger partial charge in [-0.3, -0.25) is 0 Å². The molecule has 0 aromatic heterocycles. The smallest absolute Gasteiger partial charge is 0.0686 e. The van der Waals surface area contributed by atoms with Crippen molar-refractivity contribution in [2.24, 2.45) is 11.8 Å². The molecule has 1 heteroatoms. The van der Waals surface area contributed by atoms with Crippen LogP contribution in [-0.2, 0) is 0 Å². The average Bonchev–Trinajstić information content (AvgIpc) is 2.10. The van der Waals surface area contributed by atoms with E-state index in [0.29, 0.717) is 0 Å². The lowest BCUT2D eigenvalue weighted by molar-refractivity contribution is 0.296. The zero-order valence-corrected chi connectivity index (χ0v) is 9.13. The zero-order valence-electron chi connectivity index (χ0n) is 9.13. The van der Waals surface area contributed by atoms with Crippen LogP contribution in [0.5, 0.6) is 0 Å². The van der Waals surface area contributed by atoms with Crippen molar-refractivity contribution in [3.8, 4) is 0 Å². The largest absolute Gasteiger partial charge is 0.118 e. The Balaban J connectivity index is 1.90. The Bertz CT molecular complexity index is 165. The van der Waals surface area contributed by atoms with E-state index in [2.05, 4.69) is 21.1 Å². The maximum Gasteiger partial charge on any atom is 0.118 e. The summed E-state index contributed by atoms with van der Waals surface area (Å²) < 4.78 is 0. The van der Waals surface area contributed by atoms with Crippen LogP contribution in [0.3, 0.4) is 0 Å². The van der Waals surface area contributed by atoms with Crippen molar-refractivity contribution in [3.63, 3.8) is 0 Å². The summed E-state index contributed by atoms with van der Waals surface area (Å²) in [4.78, 5) is 0. The molecule has 0 spiro atoms. The zero-order chi connectivity index (χ0) is 9.26. The summed E-state index contributed by atoms with van der Waals surface area (Å²) in [7, 11) is 2.69. The summed E-state index contributed by atoms with van der Waals surface area (Å²) in [6.45, 7) is 4.74. The van der Waals surface area contributed by atoms with Crippen molar-refractivity contribution in [3.05, 3.63) is 0 Å². The Hall–Kier alpha value is 0.0649. The third kappa shape index (κ3) is 2.30. The lowest BCUT2D eigenvalue weighted by atomic mass is 9.41. The van der Waals surface area contributed by atoms with Gasteiger partial charge in [0.2, 0.25) is 0 Å². The molecule has 13 heavy (non-hydrogen) atoms. The number of hydrogen-bond acceptors (Lipinski definition) is 0. The fourth-order valence-electron chi connectivity index (χ4n) is 3.33. The molecule has 2 heterocycles. The van der Waals surface area contributed by atoms with Crippen LogP contribution in [0.2, 0.25) is 11.6 Å². The Morgan fingerprint density at radius 2 is 2.00 bits per heavy atom. The van der Waals surface area contributed by atoms with Gasteiger partial charge in [-0.1, -0.05) is 57.6 Å². The van der Waals surface area contributed by atoms with E-state index in [4.69, 9.17) is 0 Å². The van der Waals surface area contributed by atoms with Crippen LogP contribution in [0.25, 0.3) is 0 Å². The fraction of sp³-hybridized carbons (Fsp3) is 1.00. The Morgan fingerprint density at radius 1 is 1.15 bits per heavy atom. The van der Waals surface area contributed by atoms with Gasteiger partial charge in [-0.15, -0.1) is 0 Å². The van der Waals surface area contributed by atoms with Crippen LogP contribution in [0, 0.1) is 11.8 Å². The molecule has 2 aliphatic rings. The van der Waals surface area contributed by atoms with Gasteiger partial charge >= 0.3 is 0 Å². The van der Waals surface area contributed by atoms with Gasteiger partial charge in [0, 0.05) is 0 Å². The van der Waals surface area contributed by atoms with Crippen molar-refractivity contribution < 1.29 is 0 Å². The molecule has 2 bridgehead atoms. The topological polar surface area (TPSA) is 0 Å². The number of fused-ring (bicyclic) bond motifs is 2. The van der Waals surface area contributed by atoms with Gasteiger partial charge in [0.1, 0.15) is 7.28 Å². The molecule has 2 aliphatic heterocycles. The van der Waals surface area contributed by atoms with Gasteiger partial charge in [0.15, 0.2) is 0 Å². The van der Waals surface area contributed by atoms with Crippen LogP contribution in [-0.4, -0.2) is 7.28 Å². The Kier molecular flexibility index (Phi) is 3.01. The van der Waals surface area contributed by atoms with Crippen LogP contribution < -0.4 is 0 Å². The fourth-order valence-corrected chi connectivity index (χ4v) is 3.33. The van der Waals surface area contributed by atoms with Crippen molar-refractivity contribution in [1.82, 2.24) is 0 Å². The third-order valence-electron chi connectivity index (χ3n) is 3.92. The molecule has 3 atom stereocenters. The van der Waals surface area contributed by atoms with Gasteiger partial charge < -0.3 is 0 Å². The van der Waals surface area contributed by atoms with Crippen molar-refractivity contribution >= 4 is 7.28 Å². The van der Waals surface area contributed by atoms with Crippen molar-refractivity contribution in [1.29, 1.82) is 0 Å². The summed E-state index contributed by atoms with van der Waals surface area (Å²) >= 11 is 0. The first-order valence-corrected chi connectivity index (χ1v) is 6.10. The molecule has 3 unspecified atom stereocenters. The summed E-state index contributed by atoms with van der Waals surface area (Å²) in [5.41, 5.74) is 0. The van der Waals surface area contributed by atoms with Gasteiger partial charge in [0.05, 0.1) is 0 Å². The van der Waals surface area contributed by atoms with E-state index in [1.807, 2.05) is 0 Å². The van der Waals surface area contributed by atoms with E-state index in [0.717, 1.165) is 23.5 Å². The molecular weight excluding hydrogens is 155 g/mol. The molecule has 0 amide bonds. The molecule has 2 fully saturated rings. The van der Waals surface area contributed by atoms with Crippen molar-refractivity contribution in [2.75, 3.05) is 0 Å². The second-order valence-electron chi connectivity index (χ2n) is 5.51. The second-order valence-corrected chi connectivity index (χ2v) is 5.51. The average molecular weight is 177 g/mol. The minimum absolute atomic E-state index is 0.900. The molecule has 1 radical (unpaired) electrons. The van der Waals surface area contributed by atoms with Crippen LogP contribution in [0.1, 0.15) is 52.4 Å². The molecule has 0 aromatic rings. The predicted octanol–water partition coefficient (Wildman–Crippen LogP) is 3.91. The van der Waals surface area contributed by atoms with E-state index in [1.54, 1.807) is 0 Å². The van der Waals surface area contributed by atoms with Crippen LogP contribution >= 0.6 is 0 Å².